The molecule has 0 bridgehead atoms. The highest BCUT2D eigenvalue weighted by molar-refractivity contribution is 7.14. The van der Waals surface area contributed by atoms with E-state index in [1.807, 2.05) is 13.0 Å². The van der Waals surface area contributed by atoms with Crippen molar-refractivity contribution in [2.24, 2.45) is 5.10 Å². The van der Waals surface area contributed by atoms with Crippen molar-refractivity contribution in [1.29, 1.82) is 0 Å². The summed E-state index contributed by atoms with van der Waals surface area (Å²) in [6.07, 6.45) is 3.43. The van der Waals surface area contributed by atoms with Crippen molar-refractivity contribution in [3.05, 3.63) is 28.6 Å². The molecule has 9 heteroatoms. The summed E-state index contributed by atoms with van der Waals surface area (Å²) in [7, 11) is -1.61. The molecule has 24 heavy (non-hydrogen) atoms. The van der Waals surface area contributed by atoms with E-state index in [-0.39, 0.29) is 0 Å². The number of ether oxygens (including phenoxy) is 1. The zero-order chi connectivity index (χ0) is 17.5. The van der Waals surface area contributed by atoms with Gasteiger partial charge in [-0.25, -0.2) is 4.98 Å². The molecule has 5 N–H and O–H groups in total. The number of thiazole rings is 1. The fourth-order valence-electron chi connectivity index (χ4n) is 2.10. The largest absolute Gasteiger partial charge is 0.493 e. The number of hydrogen-bond donors (Lipinski definition) is 4. The summed E-state index contributed by atoms with van der Waals surface area (Å²) in [5.74, 6) is 0.857. The fraction of sp³-hybridized carbons (Fsp3) is 0.333. The van der Waals surface area contributed by atoms with E-state index in [4.69, 9.17) is 10.5 Å². The van der Waals surface area contributed by atoms with Gasteiger partial charge in [-0.2, -0.15) is 5.10 Å². The Kier molecular flexibility index (Phi) is 6.59. The number of benzene rings is 1. The highest BCUT2D eigenvalue weighted by Gasteiger charge is 2.20. The lowest BCUT2D eigenvalue weighted by Gasteiger charge is -2.15. The van der Waals surface area contributed by atoms with Crippen LogP contribution in [0.25, 0.3) is 0 Å². The number of rotatable bonds is 8. The number of hydrogen-bond acceptors (Lipinski definition) is 8. The third-order valence-corrected chi connectivity index (χ3v) is 3.96. The molecule has 0 saturated carbocycles. The highest BCUT2D eigenvalue weighted by atomic mass is 32.1. The normalized spacial score (nSPS) is 11.0. The van der Waals surface area contributed by atoms with Crippen LogP contribution in [0.3, 0.4) is 0 Å². The molecule has 0 amide bonds. The molecule has 1 aromatic carbocycles. The smallest absolute Gasteiger partial charge is 0.492 e. The number of aryl methyl sites for hydroxylation is 1. The van der Waals surface area contributed by atoms with Crippen LogP contribution in [0, 0.1) is 6.92 Å². The molecule has 0 radical (unpaired) electrons. The van der Waals surface area contributed by atoms with Crippen LogP contribution in [0.2, 0.25) is 0 Å². The number of nitrogen functional groups attached to an aromatic ring is 1. The van der Waals surface area contributed by atoms with Crippen LogP contribution in [0.15, 0.2) is 22.6 Å². The van der Waals surface area contributed by atoms with E-state index in [1.165, 1.54) is 11.3 Å². The number of nitrogens with one attached hydrogen (secondary N) is 1. The summed E-state index contributed by atoms with van der Waals surface area (Å²) in [5.41, 5.74) is 10.2. The van der Waals surface area contributed by atoms with Crippen molar-refractivity contribution >= 4 is 41.1 Å². The SMILES string of the molecule is CCCCOc1c(C=NNc2nc(N)cs2)cc(C)cc1B(O)O. The molecule has 0 spiro atoms. The van der Waals surface area contributed by atoms with Crippen molar-refractivity contribution in [3.63, 3.8) is 0 Å². The first-order valence-corrected chi connectivity index (χ1v) is 8.52. The van der Waals surface area contributed by atoms with E-state index in [0.717, 1.165) is 18.4 Å². The predicted octanol–water partition coefficient (Wildman–Crippen LogP) is 1.34. The quantitative estimate of drug-likeness (QED) is 0.248. The van der Waals surface area contributed by atoms with Crippen LogP contribution >= 0.6 is 11.3 Å². The van der Waals surface area contributed by atoms with Gasteiger partial charge in [0.2, 0.25) is 5.13 Å². The second-order valence-corrected chi connectivity index (χ2v) is 6.15. The summed E-state index contributed by atoms with van der Waals surface area (Å²) in [6, 6.07) is 3.56. The van der Waals surface area contributed by atoms with Gasteiger partial charge in [-0.15, -0.1) is 11.3 Å². The number of unbranched alkanes of at least 4 members (excludes halogenated alkanes) is 1. The standard InChI is InChI=1S/C15H21BN4O3S/c1-3-4-5-23-14-11(6-10(2)7-12(14)16(21)22)8-18-20-15-19-13(17)9-24-15/h6-9,21-22H,3-5,17H2,1-2H3,(H,19,20). The second kappa shape index (κ2) is 8.67. The van der Waals surface area contributed by atoms with Crippen molar-refractivity contribution in [2.45, 2.75) is 26.7 Å². The average Bonchev–Trinajstić information content (AvgIpc) is 2.94. The minimum absolute atomic E-state index is 0.325. The molecule has 128 valence electrons. The monoisotopic (exact) mass is 348 g/mol. The number of hydrazone groups is 1. The molecule has 0 saturated heterocycles. The number of nitrogens with zero attached hydrogens (tertiary/aromatic N) is 2. The number of nitrogens with two attached hydrogens (primary N) is 1. The maximum atomic E-state index is 9.61. The van der Waals surface area contributed by atoms with Gasteiger partial charge in [0.25, 0.3) is 0 Å². The van der Waals surface area contributed by atoms with E-state index in [1.54, 1.807) is 17.7 Å². The lowest BCUT2D eigenvalue weighted by molar-refractivity contribution is 0.309. The average molecular weight is 348 g/mol. The van der Waals surface area contributed by atoms with Crippen LogP contribution in [0.5, 0.6) is 5.75 Å². The van der Waals surface area contributed by atoms with Gasteiger partial charge in [0.15, 0.2) is 0 Å². The van der Waals surface area contributed by atoms with E-state index in [2.05, 4.69) is 22.4 Å². The van der Waals surface area contributed by atoms with Crippen LogP contribution in [-0.2, 0) is 0 Å². The highest BCUT2D eigenvalue weighted by Crippen LogP contribution is 2.19. The first-order chi connectivity index (χ1) is 11.5. The minimum atomic E-state index is -1.61. The third kappa shape index (κ3) is 4.95. The van der Waals surface area contributed by atoms with E-state index >= 15 is 0 Å². The van der Waals surface area contributed by atoms with Gasteiger partial charge < -0.3 is 20.5 Å². The predicted molar refractivity (Wildman–Crippen MR) is 99.2 cm³/mol. The van der Waals surface area contributed by atoms with Gasteiger partial charge in [0, 0.05) is 16.4 Å². The first-order valence-electron chi connectivity index (χ1n) is 7.64. The van der Waals surface area contributed by atoms with Crippen molar-refractivity contribution in [3.8, 4) is 5.75 Å². The Labute approximate surface area is 145 Å². The van der Waals surface area contributed by atoms with Crippen LogP contribution < -0.4 is 21.4 Å². The van der Waals surface area contributed by atoms with Crippen LogP contribution in [-0.4, -0.2) is 35.0 Å². The summed E-state index contributed by atoms with van der Waals surface area (Å²) in [6.45, 7) is 4.43. The second-order valence-electron chi connectivity index (χ2n) is 5.30. The van der Waals surface area contributed by atoms with Gasteiger partial charge >= 0.3 is 7.12 Å². The third-order valence-electron chi connectivity index (χ3n) is 3.20. The Hall–Kier alpha value is -2.10. The molecule has 2 aromatic rings. The van der Waals surface area contributed by atoms with Crippen LogP contribution in [0.4, 0.5) is 10.9 Å². The minimum Gasteiger partial charge on any atom is -0.493 e. The van der Waals surface area contributed by atoms with E-state index in [9.17, 15) is 10.0 Å². The molecule has 0 aliphatic carbocycles. The zero-order valence-electron chi connectivity index (χ0n) is 13.7. The van der Waals surface area contributed by atoms with Gasteiger partial charge in [-0.1, -0.05) is 25.0 Å². The lowest BCUT2D eigenvalue weighted by atomic mass is 9.77. The molecule has 7 nitrogen and oxygen atoms in total. The van der Waals surface area contributed by atoms with Gasteiger partial charge in [-0.05, 0) is 19.4 Å². The Bertz CT molecular complexity index is 706. The molecule has 0 atom stereocenters. The van der Waals surface area contributed by atoms with E-state index in [0.29, 0.717) is 34.3 Å². The molecule has 0 aliphatic rings. The fourth-order valence-corrected chi connectivity index (χ4v) is 2.65. The number of aromatic nitrogens is 1. The molecule has 1 heterocycles. The van der Waals surface area contributed by atoms with Crippen LogP contribution in [0.1, 0.15) is 30.9 Å². The Morgan fingerprint density at radius 1 is 1.46 bits per heavy atom. The zero-order valence-corrected chi connectivity index (χ0v) is 14.5. The van der Waals surface area contributed by atoms with Gasteiger partial charge in [0.1, 0.15) is 11.6 Å². The summed E-state index contributed by atoms with van der Waals surface area (Å²) < 4.78 is 5.76. The maximum Gasteiger partial charge on any atom is 0.492 e. The Morgan fingerprint density at radius 3 is 2.88 bits per heavy atom. The molecule has 1 aromatic heterocycles. The molecule has 0 fully saturated rings. The summed E-state index contributed by atoms with van der Waals surface area (Å²) in [4.78, 5) is 4.05. The van der Waals surface area contributed by atoms with Crippen molar-refractivity contribution < 1.29 is 14.8 Å². The Balaban J connectivity index is 2.24. The topological polar surface area (TPSA) is 113 Å². The Morgan fingerprint density at radius 2 is 2.25 bits per heavy atom. The molecule has 2 rings (SSSR count). The maximum absolute atomic E-state index is 9.61. The molecular weight excluding hydrogens is 327 g/mol. The lowest BCUT2D eigenvalue weighted by Crippen LogP contribution is -2.32. The first kappa shape index (κ1) is 18.2. The van der Waals surface area contributed by atoms with Crippen molar-refractivity contribution in [1.82, 2.24) is 4.98 Å². The van der Waals surface area contributed by atoms with Gasteiger partial charge in [-0.3, -0.25) is 5.43 Å². The van der Waals surface area contributed by atoms with E-state index < -0.39 is 7.12 Å². The summed E-state index contributed by atoms with van der Waals surface area (Å²) in [5, 5.41) is 25.6. The number of anilines is 2. The molecule has 0 aliphatic heterocycles. The molecule has 0 unspecified atom stereocenters. The molecular formula is C15H21BN4O3S. The van der Waals surface area contributed by atoms with Gasteiger partial charge in [0.05, 0.1) is 12.8 Å². The van der Waals surface area contributed by atoms with Crippen molar-refractivity contribution in [2.75, 3.05) is 17.8 Å². The summed E-state index contributed by atoms with van der Waals surface area (Å²) >= 11 is 1.34.